The maximum absolute atomic E-state index is 10.6. The van der Waals surface area contributed by atoms with Crippen molar-refractivity contribution in [3.05, 3.63) is 29.8 Å². The third-order valence-electron chi connectivity index (χ3n) is 1.94. The molecule has 0 saturated carbocycles. The van der Waals surface area contributed by atoms with Gasteiger partial charge in [0.15, 0.2) is 0 Å². The summed E-state index contributed by atoms with van der Waals surface area (Å²) in [6.45, 7) is 0.300. The third kappa shape index (κ3) is 4.29. The standard InChI is InChI=1S/C10H13ClN4O2/c1-17-8-4-2-7(3-5-8)6-15(13)14-10(12)9(11)16/h2-5H,6,13H2,1H3,(H2,12,14). The Morgan fingerprint density at radius 3 is 2.53 bits per heavy atom. The van der Waals surface area contributed by atoms with E-state index in [2.05, 4.69) is 5.10 Å². The van der Waals surface area contributed by atoms with Gasteiger partial charge in [-0.05, 0) is 29.3 Å². The van der Waals surface area contributed by atoms with E-state index < -0.39 is 5.24 Å². The molecule has 0 atom stereocenters. The molecule has 0 aliphatic heterocycles. The third-order valence-corrected chi connectivity index (χ3v) is 2.13. The van der Waals surface area contributed by atoms with E-state index in [1.807, 2.05) is 12.1 Å². The lowest BCUT2D eigenvalue weighted by molar-refractivity contribution is -0.106. The van der Waals surface area contributed by atoms with Crippen molar-refractivity contribution in [2.24, 2.45) is 16.7 Å². The number of nitrogens with zero attached hydrogens (tertiary/aromatic N) is 2. The Bertz CT molecular complexity index is 419. The Kier molecular flexibility index (Phi) is 4.74. The quantitative estimate of drug-likeness (QED) is 0.262. The first-order valence-electron chi connectivity index (χ1n) is 4.72. The van der Waals surface area contributed by atoms with Gasteiger partial charge in [0, 0.05) is 0 Å². The summed E-state index contributed by atoms with van der Waals surface area (Å²) in [6.07, 6.45) is 0. The Labute approximate surface area is 104 Å². The molecule has 0 fully saturated rings. The Balaban J connectivity index is 2.64. The van der Waals surface area contributed by atoms with Gasteiger partial charge in [-0.2, -0.15) is 0 Å². The van der Waals surface area contributed by atoms with E-state index in [1.54, 1.807) is 19.2 Å². The van der Waals surface area contributed by atoms with E-state index in [-0.39, 0.29) is 5.84 Å². The Morgan fingerprint density at radius 1 is 1.47 bits per heavy atom. The Hall–Kier alpha value is -1.79. The van der Waals surface area contributed by atoms with Crippen molar-refractivity contribution < 1.29 is 9.53 Å². The number of hydrogen-bond donors (Lipinski definition) is 2. The van der Waals surface area contributed by atoms with Gasteiger partial charge in [0.2, 0.25) is 5.84 Å². The second-order valence-corrected chi connectivity index (χ2v) is 3.55. The van der Waals surface area contributed by atoms with Gasteiger partial charge in [0.25, 0.3) is 5.24 Å². The number of halogens is 1. The smallest absolute Gasteiger partial charge is 0.289 e. The molecule has 0 amide bonds. The van der Waals surface area contributed by atoms with E-state index in [9.17, 15) is 4.79 Å². The summed E-state index contributed by atoms with van der Waals surface area (Å²) < 4.78 is 5.02. The molecule has 0 radical (unpaired) electrons. The lowest BCUT2D eigenvalue weighted by atomic mass is 10.2. The van der Waals surface area contributed by atoms with E-state index in [4.69, 9.17) is 27.9 Å². The molecule has 6 nitrogen and oxygen atoms in total. The number of hydrazone groups is 1. The highest BCUT2D eigenvalue weighted by Gasteiger charge is 2.05. The van der Waals surface area contributed by atoms with E-state index in [1.165, 1.54) is 0 Å². The zero-order valence-corrected chi connectivity index (χ0v) is 10.0. The summed E-state index contributed by atoms with van der Waals surface area (Å²) in [5.74, 6) is 5.94. The molecule has 0 heterocycles. The molecular formula is C10H13ClN4O2. The molecular weight excluding hydrogens is 244 g/mol. The van der Waals surface area contributed by atoms with Crippen LogP contribution in [0.15, 0.2) is 29.4 Å². The predicted octanol–water partition coefficient (Wildman–Crippen LogP) is 0.409. The van der Waals surface area contributed by atoms with Crippen molar-refractivity contribution in [3.8, 4) is 5.75 Å². The van der Waals surface area contributed by atoms with Crippen LogP contribution in [-0.2, 0) is 11.3 Å². The summed E-state index contributed by atoms with van der Waals surface area (Å²) in [5.41, 5.74) is 6.14. The number of benzene rings is 1. The maximum atomic E-state index is 10.6. The summed E-state index contributed by atoms with van der Waals surface area (Å²) in [6, 6.07) is 7.24. The number of carbonyl (C=O) groups excluding carboxylic acids is 1. The van der Waals surface area contributed by atoms with Crippen LogP contribution in [0, 0.1) is 0 Å². The molecule has 0 aromatic heterocycles. The first kappa shape index (κ1) is 13.3. The number of rotatable bonds is 5. The molecule has 17 heavy (non-hydrogen) atoms. The summed E-state index contributed by atoms with van der Waals surface area (Å²) in [5, 5.41) is 3.81. The van der Waals surface area contributed by atoms with Gasteiger partial charge in [-0.15, -0.1) is 5.10 Å². The number of nitrogens with two attached hydrogens (primary N) is 2. The van der Waals surface area contributed by atoms with Crippen molar-refractivity contribution >= 4 is 22.7 Å². The summed E-state index contributed by atoms with van der Waals surface area (Å²) >= 11 is 5.12. The molecule has 7 heteroatoms. The van der Waals surface area contributed by atoms with Crippen molar-refractivity contribution in [2.75, 3.05) is 7.11 Å². The molecule has 0 unspecified atom stereocenters. The highest BCUT2D eigenvalue weighted by molar-refractivity contribution is 6.81. The van der Waals surface area contributed by atoms with Crippen LogP contribution in [0.5, 0.6) is 5.75 Å². The summed E-state index contributed by atoms with van der Waals surface area (Å²) in [7, 11) is 1.58. The average Bonchev–Trinajstić information content (AvgIpc) is 2.29. The molecule has 1 rings (SSSR count). The van der Waals surface area contributed by atoms with Crippen LogP contribution in [-0.4, -0.2) is 23.3 Å². The number of ether oxygens (including phenoxy) is 1. The number of methoxy groups -OCH3 is 1. The predicted molar refractivity (Wildman–Crippen MR) is 65.2 cm³/mol. The zero-order chi connectivity index (χ0) is 12.8. The first-order chi connectivity index (χ1) is 8.02. The molecule has 1 aromatic rings. The molecule has 0 aliphatic rings. The van der Waals surface area contributed by atoms with Crippen LogP contribution in [0.4, 0.5) is 0 Å². The number of hydrogen-bond acceptors (Lipinski definition) is 5. The largest absolute Gasteiger partial charge is 0.497 e. The van der Waals surface area contributed by atoms with E-state index in [0.29, 0.717) is 6.54 Å². The zero-order valence-electron chi connectivity index (χ0n) is 9.26. The van der Waals surface area contributed by atoms with Crippen LogP contribution in [0.1, 0.15) is 5.56 Å². The van der Waals surface area contributed by atoms with Gasteiger partial charge in [-0.25, -0.2) is 11.0 Å². The molecule has 1 aromatic carbocycles. The molecule has 0 aliphatic carbocycles. The fourth-order valence-electron chi connectivity index (χ4n) is 1.13. The minimum atomic E-state index is -0.838. The minimum absolute atomic E-state index is 0.300. The highest BCUT2D eigenvalue weighted by Crippen LogP contribution is 2.12. The Morgan fingerprint density at radius 2 is 2.06 bits per heavy atom. The second kappa shape index (κ2) is 6.07. The topological polar surface area (TPSA) is 93.9 Å². The lowest BCUT2D eigenvalue weighted by Crippen LogP contribution is -2.30. The monoisotopic (exact) mass is 256 g/mol. The van der Waals surface area contributed by atoms with Crippen LogP contribution < -0.4 is 16.3 Å². The van der Waals surface area contributed by atoms with Crippen LogP contribution >= 0.6 is 11.6 Å². The fourth-order valence-corrected chi connectivity index (χ4v) is 1.17. The highest BCUT2D eigenvalue weighted by atomic mass is 35.5. The van der Waals surface area contributed by atoms with Gasteiger partial charge in [0.1, 0.15) is 5.75 Å². The van der Waals surface area contributed by atoms with Crippen molar-refractivity contribution in [1.29, 1.82) is 0 Å². The minimum Gasteiger partial charge on any atom is -0.497 e. The van der Waals surface area contributed by atoms with Gasteiger partial charge in [-0.3, -0.25) is 4.79 Å². The number of carbonyl (C=O) groups is 1. The molecule has 0 saturated heterocycles. The number of amidine groups is 1. The van der Waals surface area contributed by atoms with Crippen molar-refractivity contribution in [1.82, 2.24) is 5.12 Å². The first-order valence-corrected chi connectivity index (χ1v) is 5.10. The van der Waals surface area contributed by atoms with Gasteiger partial charge in [-0.1, -0.05) is 12.1 Å². The van der Waals surface area contributed by atoms with Gasteiger partial charge < -0.3 is 10.5 Å². The lowest BCUT2D eigenvalue weighted by Gasteiger charge is -2.12. The molecule has 92 valence electrons. The molecule has 0 bridgehead atoms. The number of hydrazine groups is 1. The average molecular weight is 257 g/mol. The normalized spacial score (nSPS) is 11.1. The summed E-state index contributed by atoms with van der Waals surface area (Å²) in [4.78, 5) is 10.6. The van der Waals surface area contributed by atoms with Gasteiger partial charge in [0.05, 0.1) is 13.7 Å². The molecule has 4 N–H and O–H groups in total. The van der Waals surface area contributed by atoms with Crippen LogP contribution in [0.25, 0.3) is 0 Å². The SMILES string of the molecule is COc1ccc(CN(N)/N=C(\N)C(=O)Cl)cc1. The van der Waals surface area contributed by atoms with Gasteiger partial charge >= 0.3 is 0 Å². The maximum Gasteiger partial charge on any atom is 0.289 e. The molecule has 0 spiro atoms. The fraction of sp³-hybridized carbons (Fsp3) is 0.200. The van der Waals surface area contributed by atoms with E-state index in [0.717, 1.165) is 16.4 Å². The van der Waals surface area contributed by atoms with Crippen LogP contribution in [0.3, 0.4) is 0 Å². The van der Waals surface area contributed by atoms with E-state index >= 15 is 0 Å². The second-order valence-electron chi connectivity index (χ2n) is 3.20. The van der Waals surface area contributed by atoms with Crippen LogP contribution in [0.2, 0.25) is 0 Å². The van der Waals surface area contributed by atoms with Crippen molar-refractivity contribution in [3.63, 3.8) is 0 Å². The van der Waals surface area contributed by atoms with Crippen molar-refractivity contribution in [2.45, 2.75) is 6.54 Å².